The van der Waals surface area contributed by atoms with Crippen molar-refractivity contribution in [3.63, 3.8) is 0 Å². The number of unbranched alkanes of at least 4 members (excludes halogenated alkanes) is 3. The van der Waals surface area contributed by atoms with Crippen LogP contribution in [-0.4, -0.2) is 11.6 Å². The lowest BCUT2D eigenvalue weighted by atomic mass is 9.83. The number of ketones is 2. The molecule has 0 atom stereocenters. The largest absolute Gasteiger partial charge is 0.293 e. The molecule has 0 heterocycles. The van der Waals surface area contributed by atoms with Gasteiger partial charge in [-0.15, -0.1) is 0 Å². The lowest BCUT2D eigenvalue weighted by Crippen LogP contribution is -2.25. The minimum Gasteiger partial charge on any atom is -0.293 e. The van der Waals surface area contributed by atoms with Gasteiger partial charge >= 0.3 is 0 Å². The van der Waals surface area contributed by atoms with Crippen molar-refractivity contribution in [3.8, 4) is 0 Å². The first-order valence-electron chi connectivity index (χ1n) is 11.6. The molecular weight excluding hydrogens is 392 g/mol. The van der Waals surface area contributed by atoms with E-state index in [4.69, 9.17) is 0 Å². The van der Waals surface area contributed by atoms with Gasteiger partial charge in [0.05, 0.1) is 5.92 Å². The van der Waals surface area contributed by atoms with Crippen molar-refractivity contribution in [1.82, 2.24) is 0 Å². The number of Topliss-reactive ketones (excluding diaryl/α,β-unsaturated/α-hetero) is 2. The minimum absolute atomic E-state index is 0.105. The van der Waals surface area contributed by atoms with E-state index >= 15 is 0 Å². The Morgan fingerprint density at radius 1 is 0.688 bits per heavy atom. The highest BCUT2D eigenvalue weighted by molar-refractivity contribution is 6.16. The van der Waals surface area contributed by atoms with Crippen molar-refractivity contribution < 1.29 is 9.59 Å². The highest BCUT2D eigenvalue weighted by Gasteiger charge is 2.29. The van der Waals surface area contributed by atoms with Gasteiger partial charge in [-0.05, 0) is 24.8 Å². The van der Waals surface area contributed by atoms with E-state index in [1.807, 2.05) is 54.6 Å². The van der Waals surface area contributed by atoms with Crippen molar-refractivity contribution in [3.05, 3.63) is 113 Å². The molecule has 0 N–H and O–H groups in total. The van der Waals surface area contributed by atoms with Gasteiger partial charge in [-0.1, -0.05) is 129 Å². The predicted octanol–water partition coefficient (Wildman–Crippen LogP) is 7.81. The third-order valence-corrected chi connectivity index (χ3v) is 5.74. The van der Waals surface area contributed by atoms with Crippen LogP contribution in [0, 0.1) is 5.92 Å². The van der Waals surface area contributed by atoms with Gasteiger partial charge in [0.1, 0.15) is 0 Å². The van der Waals surface area contributed by atoms with E-state index in [1.165, 1.54) is 12.8 Å². The zero-order valence-electron chi connectivity index (χ0n) is 18.9. The molecule has 0 spiro atoms. The molecular formula is C30H32O2. The molecule has 0 saturated heterocycles. The standard InChI is InChI=1S/C30H32O2/c1-2-3-4-8-17-25(22-24-15-9-5-10-16-24)23-28(29(31)26-18-11-6-12-19-26)30(32)27-20-13-7-14-21-27/h5-7,9-16,18-22,28H,2-4,8,17,23H2,1H3/b25-22+. The van der Waals surface area contributed by atoms with E-state index in [9.17, 15) is 9.59 Å². The maximum atomic E-state index is 13.5. The summed E-state index contributed by atoms with van der Waals surface area (Å²) in [6.07, 6.45) is 8.12. The maximum absolute atomic E-state index is 13.5. The van der Waals surface area contributed by atoms with E-state index in [0.717, 1.165) is 30.4 Å². The van der Waals surface area contributed by atoms with Crippen LogP contribution in [0.3, 0.4) is 0 Å². The number of hydrogen-bond donors (Lipinski definition) is 0. The summed E-state index contributed by atoms with van der Waals surface area (Å²) < 4.78 is 0. The van der Waals surface area contributed by atoms with Gasteiger partial charge in [0.2, 0.25) is 0 Å². The second kappa shape index (κ2) is 12.6. The first-order chi connectivity index (χ1) is 15.7. The van der Waals surface area contributed by atoms with Crippen LogP contribution in [0.5, 0.6) is 0 Å². The molecule has 0 aliphatic heterocycles. The smallest absolute Gasteiger partial charge is 0.174 e. The van der Waals surface area contributed by atoms with Crippen molar-refractivity contribution >= 4 is 17.6 Å². The zero-order chi connectivity index (χ0) is 22.6. The minimum atomic E-state index is -0.721. The van der Waals surface area contributed by atoms with Gasteiger partial charge in [-0.25, -0.2) is 0 Å². The number of allylic oxidation sites excluding steroid dienone is 1. The average Bonchev–Trinajstić information content (AvgIpc) is 2.86. The summed E-state index contributed by atoms with van der Waals surface area (Å²) in [5, 5.41) is 0. The predicted molar refractivity (Wildman–Crippen MR) is 133 cm³/mol. The normalized spacial score (nSPS) is 11.5. The fourth-order valence-corrected chi connectivity index (χ4v) is 3.97. The van der Waals surface area contributed by atoms with Gasteiger partial charge in [-0.3, -0.25) is 9.59 Å². The van der Waals surface area contributed by atoms with Crippen LogP contribution in [0.4, 0.5) is 0 Å². The van der Waals surface area contributed by atoms with Crippen LogP contribution in [0.1, 0.15) is 71.7 Å². The average molecular weight is 425 g/mol. The molecule has 0 aromatic heterocycles. The van der Waals surface area contributed by atoms with Gasteiger partial charge in [-0.2, -0.15) is 0 Å². The second-order valence-electron chi connectivity index (χ2n) is 8.24. The Morgan fingerprint density at radius 3 is 1.69 bits per heavy atom. The lowest BCUT2D eigenvalue weighted by Gasteiger charge is -2.18. The quantitative estimate of drug-likeness (QED) is 0.169. The molecule has 3 rings (SSSR count). The Balaban J connectivity index is 1.92. The third kappa shape index (κ3) is 6.88. The van der Waals surface area contributed by atoms with Crippen LogP contribution in [-0.2, 0) is 0 Å². The van der Waals surface area contributed by atoms with Crippen LogP contribution >= 0.6 is 0 Å². The third-order valence-electron chi connectivity index (χ3n) is 5.74. The Bertz CT molecular complexity index is 953. The Hall–Kier alpha value is -3.26. The molecule has 0 radical (unpaired) electrons. The highest BCUT2D eigenvalue weighted by atomic mass is 16.2. The molecule has 0 aliphatic rings. The van der Waals surface area contributed by atoms with E-state index in [-0.39, 0.29) is 11.6 Å². The van der Waals surface area contributed by atoms with Crippen LogP contribution in [0.25, 0.3) is 6.08 Å². The fourth-order valence-electron chi connectivity index (χ4n) is 3.97. The summed E-state index contributed by atoms with van der Waals surface area (Å²) in [5.74, 6) is -0.931. The van der Waals surface area contributed by atoms with Crippen LogP contribution in [0.15, 0.2) is 96.6 Å². The molecule has 32 heavy (non-hydrogen) atoms. The molecule has 0 amide bonds. The monoisotopic (exact) mass is 424 g/mol. The van der Waals surface area contributed by atoms with E-state index in [2.05, 4.69) is 25.1 Å². The first kappa shape index (κ1) is 23.4. The summed E-state index contributed by atoms with van der Waals surface area (Å²) >= 11 is 0. The van der Waals surface area contributed by atoms with E-state index in [0.29, 0.717) is 17.5 Å². The highest BCUT2D eigenvalue weighted by Crippen LogP contribution is 2.27. The molecule has 0 unspecified atom stereocenters. The summed E-state index contributed by atoms with van der Waals surface area (Å²) in [4.78, 5) is 27.0. The van der Waals surface area contributed by atoms with Crippen molar-refractivity contribution in [2.24, 2.45) is 5.92 Å². The van der Waals surface area contributed by atoms with Crippen molar-refractivity contribution in [2.45, 2.75) is 45.4 Å². The molecule has 3 aromatic carbocycles. The Labute approximate surface area is 192 Å². The Kier molecular flexibility index (Phi) is 9.19. The second-order valence-corrected chi connectivity index (χ2v) is 8.24. The number of rotatable bonds is 12. The molecule has 2 nitrogen and oxygen atoms in total. The van der Waals surface area contributed by atoms with Gasteiger partial charge < -0.3 is 0 Å². The summed E-state index contributed by atoms with van der Waals surface area (Å²) in [6.45, 7) is 2.20. The SMILES string of the molecule is CCCCCC/C(=C\c1ccccc1)CC(C(=O)c1ccccc1)C(=O)c1ccccc1. The van der Waals surface area contributed by atoms with Gasteiger partial charge in [0, 0.05) is 11.1 Å². The summed E-state index contributed by atoms with van der Waals surface area (Å²) in [7, 11) is 0. The van der Waals surface area contributed by atoms with Crippen LogP contribution < -0.4 is 0 Å². The lowest BCUT2D eigenvalue weighted by molar-refractivity contribution is 0.0806. The number of hydrogen-bond acceptors (Lipinski definition) is 2. The molecule has 0 saturated carbocycles. The maximum Gasteiger partial charge on any atom is 0.174 e. The van der Waals surface area contributed by atoms with Crippen LogP contribution in [0.2, 0.25) is 0 Å². The summed E-state index contributed by atoms with van der Waals surface area (Å²) in [6, 6.07) is 28.5. The Morgan fingerprint density at radius 2 is 1.19 bits per heavy atom. The fraction of sp³-hybridized carbons (Fsp3) is 0.267. The summed E-state index contributed by atoms with van der Waals surface area (Å²) in [5.41, 5.74) is 3.44. The molecule has 0 aliphatic carbocycles. The number of carbonyl (C=O) groups excluding carboxylic acids is 2. The molecule has 0 fully saturated rings. The molecule has 3 aromatic rings. The molecule has 2 heteroatoms. The van der Waals surface area contributed by atoms with E-state index in [1.54, 1.807) is 24.3 Å². The number of benzene rings is 3. The van der Waals surface area contributed by atoms with E-state index < -0.39 is 5.92 Å². The topological polar surface area (TPSA) is 34.1 Å². The zero-order valence-corrected chi connectivity index (χ0v) is 18.9. The molecule has 0 bridgehead atoms. The van der Waals surface area contributed by atoms with Gasteiger partial charge in [0.25, 0.3) is 0 Å². The van der Waals surface area contributed by atoms with Crippen molar-refractivity contribution in [1.29, 1.82) is 0 Å². The van der Waals surface area contributed by atoms with Crippen molar-refractivity contribution in [2.75, 3.05) is 0 Å². The first-order valence-corrected chi connectivity index (χ1v) is 11.6. The molecule has 164 valence electrons. The van der Waals surface area contributed by atoms with Gasteiger partial charge in [0.15, 0.2) is 11.6 Å². The number of carbonyl (C=O) groups is 2.